The van der Waals surface area contributed by atoms with Gasteiger partial charge in [-0.05, 0) is 81.0 Å². The fourth-order valence-corrected chi connectivity index (χ4v) is 7.61. The lowest BCUT2D eigenvalue weighted by Crippen LogP contribution is -2.43. The summed E-state index contributed by atoms with van der Waals surface area (Å²) in [5, 5.41) is 6.16. The van der Waals surface area contributed by atoms with Crippen LogP contribution in [0.5, 0.6) is 5.19 Å². The molecule has 0 amide bonds. The van der Waals surface area contributed by atoms with E-state index >= 15 is 0 Å². The number of aromatic nitrogens is 2. The molecule has 2 aromatic carbocycles. The van der Waals surface area contributed by atoms with Crippen molar-refractivity contribution in [3.63, 3.8) is 0 Å². The number of benzene rings is 2. The Balaban J connectivity index is 1.09. The predicted octanol–water partition coefficient (Wildman–Crippen LogP) is 9.71. The first-order valence-corrected chi connectivity index (χ1v) is 14.8. The summed E-state index contributed by atoms with van der Waals surface area (Å²) in [5.41, 5.74) is 3.22. The molecule has 0 radical (unpaired) electrons. The van der Waals surface area contributed by atoms with E-state index in [1.54, 1.807) is 6.07 Å². The first-order valence-electron chi connectivity index (χ1n) is 13.3. The van der Waals surface area contributed by atoms with E-state index in [-0.39, 0.29) is 16.6 Å². The van der Waals surface area contributed by atoms with Crippen molar-refractivity contribution in [3.8, 4) is 16.5 Å². The van der Waals surface area contributed by atoms with E-state index in [0.29, 0.717) is 33.3 Å². The smallest absolute Gasteiger partial charge is 0.274 e. The highest BCUT2D eigenvalue weighted by atomic mass is 35.5. The van der Waals surface area contributed by atoms with E-state index in [1.165, 1.54) is 17.4 Å². The number of halogens is 3. The minimum Gasteiger partial charge on any atom is -0.469 e. The van der Waals surface area contributed by atoms with Crippen LogP contribution >= 0.6 is 34.5 Å². The van der Waals surface area contributed by atoms with Crippen LogP contribution in [-0.2, 0) is 0 Å². The molecule has 0 spiro atoms. The summed E-state index contributed by atoms with van der Waals surface area (Å²) in [5.74, 6) is 1.08. The van der Waals surface area contributed by atoms with Gasteiger partial charge in [-0.1, -0.05) is 64.0 Å². The van der Waals surface area contributed by atoms with Gasteiger partial charge in [-0.25, -0.2) is 4.39 Å². The summed E-state index contributed by atoms with van der Waals surface area (Å²) in [6.07, 6.45) is 13.6. The second-order valence-electron chi connectivity index (χ2n) is 11.2. The lowest BCUT2D eigenvalue weighted by molar-refractivity contribution is -0.0122. The van der Waals surface area contributed by atoms with Crippen molar-refractivity contribution >= 4 is 50.8 Å². The molecule has 4 fully saturated rings. The Hall–Kier alpha value is -2.41. The minimum atomic E-state index is -0.295. The molecule has 0 N–H and O–H groups in total. The van der Waals surface area contributed by atoms with E-state index in [4.69, 9.17) is 32.5 Å². The number of nitrogens with zero attached hydrogens (tertiary/aromatic N) is 2. The van der Waals surface area contributed by atoms with Gasteiger partial charge in [0, 0.05) is 22.5 Å². The van der Waals surface area contributed by atoms with E-state index in [0.717, 1.165) is 78.6 Å². The number of rotatable bonds is 7. The molecule has 38 heavy (non-hydrogen) atoms. The van der Waals surface area contributed by atoms with Crippen molar-refractivity contribution in [1.29, 1.82) is 0 Å². The summed E-state index contributed by atoms with van der Waals surface area (Å²) in [6, 6.07) is 10.6. The van der Waals surface area contributed by atoms with Gasteiger partial charge in [-0.15, -0.1) is 0 Å². The van der Waals surface area contributed by atoms with Crippen LogP contribution in [0.2, 0.25) is 10.0 Å². The SMILES string of the molecule is Fc1cccc2sc(OCC34CCC(C=Cc5c(-c6c(Cl)cccc6Cl)noc5C5CC5)(CC3)CC4)nc12. The molecule has 4 aliphatic carbocycles. The quantitative estimate of drug-likeness (QED) is 0.222. The second-order valence-corrected chi connectivity index (χ2v) is 13.0. The average Bonchev–Trinajstić information content (AvgIpc) is 3.54. The number of fused-ring (bicyclic) bond motifs is 4. The number of ether oxygens (including phenoxy) is 1. The molecule has 2 aromatic heterocycles. The number of thiazole rings is 1. The van der Waals surface area contributed by atoms with Gasteiger partial charge in [-0.3, -0.25) is 0 Å². The zero-order valence-electron chi connectivity index (χ0n) is 20.8. The molecular formula is C30H27Cl2FN2O2S. The molecule has 4 aliphatic rings. The first-order chi connectivity index (χ1) is 18.4. The Kier molecular flexibility index (Phi) is 6.06. The standard InChI is InChI=1S/C30H27Cl2FN2O2S/c31-20-3-1-4-21(32)24(20)25-19(27(37-35-25)18-7-8-18)9-10-29-11-14-30(15-12-29,16-13-29)17-36-28-34-26-22(33)5-2-6-23(26)38-28/h1-6,9-10,18H,7-8,11-17H2. The first kappa shape index (κ1) is 24.6. The highest BCUT2D eigenvalue weighted by Crippen LogP contribution is 2.58. The van der Waals surface area contributed by atoms with Gasteiger partial charge in [0.15, 0.2) is 0 Å². The minimum absolute atomic E-state index is 0.165. The maximum Gasteiger partial charge on any atom is 0.274 e. The van der Waals surface area contributed by atoms with Gasteiger partial charge < -0.3 is 9.26 Å². The van der Waals surface area contributed by atoms with Gasteiger partial charge in [-0.2, -0.15) is 4.98 Å². The van der Waals surface area contributed by atoms with Crippen LogP contribution in [-0.4, -0.2) is 16.7 Å². The van der Waals surface area contributed by atoms with Gasteiger partial charge in [0.1, 0.15) is 22.8 Å². The summed E-state index contributed by atoms with van der Waals surface area (Å²) < 4.78 is 26.9. The van der Waals surface area contributed by atoms with Crippen LogP contribution in [0.25, 0.3) is 27.6 Å². The van der Waals surface area contributed by atoms with E-state index in [2.05, 4.69) is 22.3 Å². The summed E-state index contributed by atoms with van der Waals surface area (Å²) in [6.45, 7) is 0.640. The Bertz CT molecular complexity index is 1510. The van der Waals surface area contributed by atoms with Crippen molar-refractivity contribution in [2.75, 3.05) is 6.61 Å². The van der Waals surface area contributed by atoms with Crippen LogP contribution < -0.4 is 4.74 Å². The highest BCUT2D eigenvalue weighted by Gasteiger charge is 2.48. The highest BCUT2D eigenvalue weighted by molar-refractivity contribution is 7.20. The second kappa shape index (κ2) is 9.35. The molecule has 4 saturated carbocycles. The third kappa shape index (κ3) is 4.35. The van der Waals surface area contributed by atoms with Crippen molar-refractivity contribution in [2.45, 2.75) is 57.3 Å². The molecule has 2 bridgehead atoms. The average molecular weight is 570 g/mol. The van der Waals surface area contributed by atoms with E-state index in [9.17, 15) is 4.39 Å². The Labute approximate surface area is 234 Å². The molecule has 8 heteroatoms. The Morgan fingerprint density at radius 3 is 2.42 bits per heavy atom. The molecule has 8 rings (SSSR count). The monoisotopic (exact) mass is 568 g/mol. The van der Waals surface area contributed by atoms with Crippen LogP contribution in [0.1, 0.15) is 68.6 Å². The van der Waals surface area contributed by atoms with Crippen molar-refractivity contribution in [2.24, 2.45) is 10.8 Å². The molecule has 4 aromatic rings. The normalized spacial score (nSPS) is 25.0. The predicted molar refractivity (Wildman–Crippen MR) is 151 cm³/mol. The van der Waals surface area contributed by atoms with Gasteiger partial charge >= 0.3 is 0 Å². The maximum atomic E-state index is 14.1. The topological polar surface area (TPSA) is 48.2 Å². The molecular weight excluding hydrogens is 542 g/mol. The van der Waals surface area contributed by atoms with Crippen LogP contribution in [0.4, 0.5) is 4.39 Å². The zero-order valence-corrected chi connectivity index (χ0v) is 23.1. The number of para-hydroxylation sites is 1. The van der Waals surface area contributed by atoms with Crippen LogP contribution in [0.15, 0.2) is 47.0 Å². The van der Waals surface area contributed by atoms with Crippen molar-refractivity contribution < 1.29 is 13.7 Å². The fourth-order valence-electron chi connectivity index (χ4n) is 6.21. The van der Waals surface area contributed by atoms with Crippen molar-refractivity contribution in [3.05, 3.63) is 69.7 Å². The van der Waals surface area contributed by atoms with E-state index in [1.807, 2.05) is 24.3 Å². The molecule has 0 atom stereocenters. The van der Waals surface area contributed by atoms with Crippen LogP contribution in [0.3, 0.4) is 0 Å². The third-order valence-electron chi connectivity index (χ3n) is 8.82. The summed E-state index contributed by atoms with van der Waals surface area (Å²) in [7, 11) is 0. The fraction of sp³-hybridized carbons (Fsp3) is 0.400. The molecule has 4 nitrogen and oxygen atoms in total. The van der Waals surface area contributed by atoms with E-state index < -0.39 is 0 Å². The zero-order chi connectivity index (χ0) is 25.9. The molecule has 0 saturated heterocycles. The van der Waals surface area contributed by atoms with Gasteiger partial charge in [0.05, 0.1) is 21.4 Å². The summed E-state index contributed by atoms with van der Waals surface area (Å²) in [4.78, 5) is 4.40. The number of allylic oxidation sites excluding steroid dienone is 1. The number of hydrogen-bond acceptors (Lipinski definition) is 5. The van der Waals surface area contributed by atoms with Crippen LogP contribution in [0, 0.1) is 16.6 Å². The Morgan fingerprint density at radius 1 is 1.03 bits per heavy atom. The molecule has 2 heterocycles. The lowest BCUT2D eigenvalue weighted by Gasteiger charge is -2.52. The van der Waals surface area contributed by atoms with Gasteiger partial charge in [0.25, 0.3) is 5.19 Å². The lowest BCUT2D eigenvalue weighted by atomic mass is 9.54. The molecule has 196 valence electrons. The molecule has 0 unspecified atom stereocenters. The molecule has 0 aliphatic heterocycles. The Morgan fingerprint density at radius 2 is 1.74 bits per heavy atom. The number of hydrogen-bond donors (Lipinski definition) is 0. The van der Waals surface area contributed by atoms with Crippen molar-refractivity contribution in [1.82, 2.24) is 10.1 Å². The third-order valence-corrected chi connectivity index (χ3v) is 10.4. The largest absolute Gasteiger partial charge is 0.469 e. The van der Waals surface area contributed by atoms with Gasteiger partial charge in [0.2, 0.25) is 0 Å². The summed E-state index contributed by atoms with van der Waals surface area (Å²) >= 11 is 14.5. The maximum absolute atomic E-state index is 14.1.